The third-order valence-electron chi connectivity index (χ3n) is 3.35. The maximum absolute atomic E-state index is 11.9. The Morgan fingerprint density at radius 2 is 2.25 bits per heavy atom. The number of nitrogens with zero attached hydrogens (tertiary/aromatic N) is 1. The molecule has 0 aromatic carbocycles. The third-order valence-corrected chi connectivity index (χ3v) is 3.35. The van der Waals surface area contributed by atoms with Crippen LogP contribution in [-0.4, -0.2) is 29.0 Å². The molecule has 5 heteroatoms. The van der Waals surface area contributed by atoms with Crippen LogP contribution in [0.3, 0.4) is 0 Å². The van der Waals surface area contributed by atoms with Gasteiger partial charge in [-0.05, 0) is 30.0 Å². The molecular formula is C15H22N4O. The van der Waals surface area contributed by atoms with Crippen LogP contribution < -0.4 is 10.6 Å². The summed E-state index contributed by atoms with van der Waals surface area (Å²) in [6, 6.07) is 3.79. The monoisotopic (exact) mass is 274 g/mol. The van der Waals surface area contributed by atoms with Gasteiger partial charge in [-0.2, -0.15) is 0 Å². The smallest absolute Gasteiger partial charge is 0.236 e. The molecule has 1 amide bonds. The highest BCUT2D eigenvalue weighted by Crippen LogP contribution is 2.16. The van der Waals surface area contributed by atoms with Gasteiger partial charge < -0.3 is 15.6 Å². The molecular weight excluding hydrogens is 252 g/mol. The van der Waals surface area contributed by atoms with Crippen molar-refractivity contribution in [3.05, 3.63) is 30.1 Å². The van der Waals surface area contributed by atoms with Gasteiger partial charge in [0.15, 0.2) is 0 Å². The summed E-state index contributed by atoms with van der Waals surface area (Å²) in [6.45, 7) is 4.89. The van der Waals surface area contributed by atoms with Crippen LogP contribution in [-0.2, 0) is 11.3 Å². The van der Waals surface area contributed by atoms with Gasteiger partial charge in [0.1, 0.15) is 5.65 Å². The van der Waals surface area contributed by atoms with Crippen molar-refractivity contribution >= 4 is 16.9 Å². The number of carbonyl (C=O) groups is 1. The SMILES string of the molecule is CNC(=O)C(CC(C)C)NCc1c[nH]c2ncccc12. The Balaban J connectivity index is 2.06. The number of H-pyrrole nitrogens is 1. The maximum Gasteiger partial charge on any atom is 0.236 e. The number of likely N-dealkylation sites (N-methyl/N-ethyl adjacent to an activating group) is 1. The normalized spacial score (nSPS) is 12.8. The fourth-order valence-corrected chi connectivity index (χ4v) is 2.32. The summed E-state index contributed by atoms with van der Waals surface area (Å²) in [5.41, 5.74) is 2.01. The van der Waals surface area contributed by atoms with E-state index in [0.717, 1.165) is 23.0 Å². The average Bonchev–Trinajstić information content (AvgIpc) is 2.85. The van der Waals surface area contributed by atoms with Crippen molar-refractivity contribution in [1.29, 1.82) is 0 Å². The van der Waals surface area contributed by atoms with Gasteiger partial charge in [0.2, 0.25) is 5.91 Å². The molecule has 1 unspecified atom stereocenters. The molecule has 0 saturated heterocycles. The molecule has 2 aromatic heterocycles. The number of rotatable bonds is 6. The molecule has 1 atom stereocenters. The lowest BCUT2D eigenvalue weighted by Crippen LogP contribution is -2.43. The van der Waals surface area contributed by atoms with Crippen LogP contribution in [0.25, 0.3) is 11.0 Å². The molecule has 108 valence electrons. The molecule has 3 N–H and O–H groups in total. The number of hydrogen-bond donors (Lipinski definition) is 3. The highest BCUT2D eigenvalue weighted by Gasteiger charge is 2.18. The zero-order valence-corrected chi connectivity index (χ0v) is 12.2. The van der Waals surface area contributed by atoms with Gasteiger partial charge in [0.25, 0.3) is 0 Å². The Bertz CT molecular complexity index is 576. The second kappa shape index (κ2) is 6.52. The molecule has 0 spiro atoms. The molecule has 2 aromatic rings. The minimum absolute atomic E-state index is 0.0386. The van der Waals surface area contributed by atoms with E-state index in [1.807, 2.05) is 18.3 Å². The number of carbonyl (C=O) groups excluding carboxylic acids is 1. The fourth-order valence-electron chi connectivity index (χ4n) is 2.32. The summed E-state index contributed by atoms with van der Waals surface area (Å²) in [7, 11) is 1.67. The second-order valence-corrected chi connectivity index (χ2v) is 5.39. The average molecular weight is 274 g/mol. The van der Waals surface area contributed by atoms with E-state index in [9.17, 15) is 4.79 Å². The van der Waals surface area contributed by atoms with E-state index in [-0.39, 0.29) is 11.9 Å². The summed E-state index contributed by atoms with van der Waals surface area (Å²) in [5, 5.41) is 7.15. The Kier molecular flexibility index (Phi) is 4.74. The minimum atomic E-state index is -0.165. The Labute approximate surface area is 119 Å². The van der Waals surface area contributed by atoms with Crippen molar-refractivity contribution in [2.75, 3.05) is 7.05 Å². The van der Waals surface area contributed by atoms with E-state index in [1.165, 1.54) is 0 Å². The van der Waals surface area contributed by atoms with Crippen molar-refractivity contribution < 1.29 is 4.79 Å². The van der Waals surface area contributed by atoms with Gasteiger partial charge in [0, 0.05) is 31.4 Å². The molecule has 2 rings (SSSR count). The largest absolute Gasteiger partial charge is 0.358 e. The Morgan fingerprint density at radius 3 is 2.95 bits per heavy atom. The summed E-state index contributed by atoms with van der Waals surface area (Å²) in [4.78, 5) is 19.3. The number of hydrogen-bond acceptors (Lipinski definition) is 3. The number of fused-ring (bicyclic) bond motifs is 1. The Morgan fingerprint density at radius 1 is 1.45 bits per heavy atom. The van der Waals surface area contributed by atoms with E-state index < -0.39 is 0 Å². The number of pyridine rings is 1. The van der Waals surface area contributed by atoms with Crippen LogP contribution in [0.2, 0.25) is 0 Å². The quantitative estimate of drug-likeness (QED) is 0.752. The van der Waals surface area contributed by atoms with E-state index >= 15 is 0 Å². The van der Waals surface area contributed by atoms with Gasteiger partial charge >= 0.3 is 0 Å². The molecule has 0 fully saturated rings. The first kappa shape index (κ1) is 14.5. The molecule has 2 heterocycles. The molecule has 0 radical (unpaired) electrons. The van der Waals surface area contributed by atoms with E-state index in [2.05, 4.69) is 34.4 Å². The zero-order valence-electron chi connectivity index (χ0n) is 12.2. The Hall–Kier alpha value is -1.88. The predicted octanol–water partition coefficient (Wildman–Crippen LogP) is 1.81. The lowest BCUT2D eigenvalue weighted by molar-refractivity contribution is -0.123. The molecule has 5 nitrogen and oxygen atoms in total. The topological polar surface area (TPSA) is 69.8 Å². The highest BCUT2D eigenvalue weighted by atomic mass is 16.2. The predicted molar refractivity (Wildman–Crippen MR) is 80.2 cm³/mol. The van der Waals surface area contributed by atoms with Gasteiger partial charge in [-0.3, -0.25) is 4.79 Å². The van der Waals surface area contributed by atoms with Crippen molar-refractivity contribution in [3.63, 3.8) is 0 Å². The number of aromatic nitrogens is 2. The van der Waals surface area contributed by atoms with Gasteiger partial charge in [0.05, 0.1) is 6.04 Å². The lowest BCUT2D eigenvalue weighted by atomic mass is 10.0. The van der Waals surface area contributed by atoms with E-state index in [0.29, 0.717) is 12.5 Å². The number of nitrogens with one attached hydrogen (secondary N) is 3. The van der Waals surface area contributed by atoms with Crippen LogP contribution in [0, 0.1) is 5.92 Å². The molecule has 0 aliphatic heterocycles. The van der Waals surface area contributed by atoms with Gasteiger partial charge in [-0.15, -0.1) is 0 Å². The lowest BCUT2D eigenvalue weighted by Gasteiger charge is -2.19. The van der Waals surface area contributed by atoms with Crippen LogP contribution in [0.1, 0.15) is 25.8 Å². The zero-order chi connectivity index (χ0) is 14.5. The molecule has 0 saturated carbocycles. The summed E-state index contributed by atoms with van der Waals surface area (Å²) in [6.07, 6.45) is 4.53. The second-order valence-electron chi connectivity index (χ2n) is 5.39. The van der Waals surface area contributed by atoms with Crippen molar-refractivity contribution in [2.45, 2.75) is 32.9 Å². The van der Waals surface area contributed by atoms with Crippen LogP contribution in [0.5, 0.6) is 0 Å². The van der Waals surface area contributed by atoms with E-state index in [1.54, 1.807) is 13.2 Å². The fraction of sp³-hybridized carbons (Fsp3) is 0.467. The van der Waals surface area contributed by atoms with Crippen LogP contribution in [0.4, 0.5) is 0 Å². The van der Waals surface area contributed by atoms with E-state index in [4.69, 9.17) is 0 Å². The third kappa shape index (κ3) is 3.36. The summed E-state index contributed by atoms with van der Waals surface area (Å²) in [5.74, 6) is 0.506. The number of amides is 1. The van der Waals surface area contributed by atoms with Crippen LogP contribution in [0.15, 0.2) is 24.5 Å². The van der Waals surface area contributed by atoms with Gasteiger partial charge in [-0.1, -0.05) is 13.8 Å². The summed E-state index contributed by atoms with van der Waals surface area (Å²) < 4.78 is 0. The molecule has 0 aliphatic rings. The van der Waals surface area contributed by atoms with Gasteiger partial charge in [-0.25, -0.2) is 4.98 Å². The molecule has 20 heavy (non-hydrogen) atoms. The first-order valence-electron chi connectivity index (χ1n) is 6.97. The van der Waals surface area contributed by atoms with Crippen LogP contribution >= 0.6 is 0 Å². The van der Waals surface area contributed by atoms with Crippen molar-refractivity contribution in [1.82, 2.24) is 20.6 Å². The molecule has 0 bridgehead atoms. The summed E-state index contributed by atoms with van der Waals surface area (Å²) >= 11 is 0. The minimum Gasteiger partial charge on any atom is -0.358 e. The number of aromatic amines is 1. The molecule has 0 aliphatic carbocycles. The van der Waals surface area contributed by atoms with Crippen molar-refractivity contribution in [3.8, 4) is 0 Å². The first-order chi connectivity index (χ1) is 9.61. The standard InChI is InChI=1S/C15H22N4O/c1-10(2)7-13(15(20)16-3)18-8-11-9-19-14-12(11)5-4-6-17-14/h4-6,9-10,13,18H,7-8H2,1-3H3,(H,16,20)(H,17,19). The first-order valence-corrected chi connectivity index (χ1v) is 6.97. The highest BCUT2D eigenvalue weighted by molar-refractivity contribution is 5.82. The van der Waals surface area contributed by atoms with Crippen molar-refractivity contribution in [2.24, 2.45) is 5.92 Å². The maximum atomic E-state index is 11.9.